The SMILES string of the molecule is NCCCC(=O)Nc1ccc2nc(-c3ccc4c(c3)OCO4)cn2c1. The number of carbonyl (C=O) groups is 1. The van der Waals surface area contributed by atoms with Crippen LogP contribution in [-0.2, 0) is 4.79 Å². The summed E-state index contributed by atoms with van der Waals surface area (Å²) < 4.78 is 12.6. The predicted molar refractivity (Wildman–Crippen MR) is 93.7 cm³/mol. The van der Waals surface area contributed by atoms with Gasteiger partial charge in [-0.1, -0.05) is 0 Å². The van der Waals surface area contributed by atoms with Gasteiger partial charge >= 0.3 is 0 Å². The van der Waals surface area contributed by atoms with Crippen molar-refractivity contribution in [3.8, 4) is 22.8 Å². The van der Waals surface area contributed by atoms with Gasteiger partial charge in [0.25, 0.3) is 0 Å². The van der Waals surface area contributed by atoms with Gasteiger partial charge in [0.05, 0.1) is 11.4 Å². The average molecular weight is 338 g/mol. The lowest BCUT2D eigenvalue weighted by atomic mass is 10.1. The van der Waals surface area contributed by atoms with Gasteiger partial charge in [-0.05, 0) is 43.3 Å². The van der Waals surface area contributed by atoms with Crippen LogP contribution >= 0.6 is 0 Å². The van der Waals surface area contributed by atoms with Crippen LogP contribution in [0.5, 0.6) is 11.5 Å². The van der Waals surface area contributed by atoms with Crippen molar-refractivity contribution in [1.82, 2.24) is 9.38 Å². The first-order valence-electron chi connectivity index (χ1n) is 8.11. The second-order valence-corrected chi connectivity index (χ2v) is 5.82. The summed E-state index contributed by atoms with van der Waals surface area (Å²) in [7, 11) is 0. The van der Waals surface area contributed by atoms with Crippen LogP contribution in [0.15, 0.2) is 42.7 Å². The first kappa shape index (κ1) is 15.5. The lowest BCUT2D eigenvalue weighted by Gasteiger charge is -2.05. The number of ether oxygens (including phenoxy) is 2. The second-order valence-electron chi connectivity index (χ2n) is 5.82. The second kappa shape index (κ2) is 6.45. The van der Waals surface area contributed by atoms with Gasteiger partial charge in [0.2, 0.25) is 12.7 Å². The van der Waals surface area contributed by atoms with E-state index in [1.54, 1.807) is 0 Å². The number of hydrogen-bond donors (Lipinski definition) is 2. The zero-order valence-corrected chi connectivity index (χ0v) is 13.6. The molecule has 0 saturated heterocycles. The first-order chi connectivity index (χ1) is 12.2. The molecule has 1 aromatic carbocycles. The molecule has 0 fully saturated rings. The Morgan fingerprint density at radius 1 is 1.20 bits per heavy atom. The Balaban J connectivity index is 1.59. The van der Waals surface area contributed by atoms with E-state index in [2.05, 4.69) is 10.3 Å². The van der Waals surface area contributed by atoms with Crippen molar-refractivity contribution in [1.29, 1.82) is 0 Å². The molecule has 3 N–H and O–H groups in total. The molecule has 2 aromatic heterocycles. The van der Waals surface area contributed by atoms with E-state index in [1.165, 1.54) is 0 Å². The number of benzene rings is 1. The molecule has 128 valence electrons. The van der Waals surface area contributed by atoms with E-state index < -0.39 is 0 Å². The van der Waals surface area contributed by atoms with Crippen molar-refractivity contribution in [2.24, 2.45) is 5.73 Å². The van der Waals surface area contributed by atoms with Crippen molar-refractivity contribution in [3.63, 3.8) is 0 Å². The fraction of sp³-hybridized carbons (Fsp3) is 0.222. The molecule has 25 heavy (non-hydrogen) atoms. The van der Waals surface area contributed by atoms with E-state index in [1.807, 2.05) is 47.1 Å². The van der Waals surface area contributed by atoms with E-state index in [0.29, 0.717) is 19.4 Å². The van der Waals surface area contributed by atoms with Gasteiger partial charge in [0.15, 0.2) is 11.5 Å². The van der Waals surface area contributed by atoms with Gasteiger partial charge < -0.3 is 24.9 Å². The number of rotatable bonds is 5. The Labute approximate surface area is 144 Å². The average Bonchev–Trinajstić information content (AvgIpc) is 3.25. The van der Waals surface area contributed by atoms with Crippen LogP contribution < -0.4 is 20.5 Å². The number of carbonyl (C=O) groups excluding carboxylic acids is 1. The van der Waals surface area contributed by atoms with Crippen LogP contribution in [0.25, 0.3) is 16.9 Å². The fourth-order valence-corrected chi connectivity index (χ4v) is 2.75. The Morgan fingerprint density at radius 2 is 2.08 bits per heavy atom. The maximum absolute atomic E-state index is 11.8. The molecule has 0 unspecified atom stereocenters. The zero-order chi connectivity index (χ0) is 17.2. The maximum Gasteiger partial charge on any atom is 0.231 e. The number of nitrogens with one attached hydrogen (secondary N) is 1. The highest BCUT2D eigenvalue weighted by Crippen LogP contribution is 2.35. The fourth-order valence-electron chi connectivity index (χ4n) is 2.75. The van der Waals surface area contributed by atoms with Crippen LogP contribution in [0.4, 0.5) is 5.69 Å². The van der Waals surface area contributed by atoms with Gasteiger partial charge in [-0.3, -0.25) is 4.79 Å². The molecule has 0 aliphatic carbocycles. The third kappa shape index (κ3) is 3.14. The van der Waals surface area contributed by atoms with E-state index in [-0.39, 0.29) is 12.7 Å². The summed E-state index contributed by atoms with van der Waals surface area (Å²) >= 11 is 0. The topological polar surface area (TPSA) is 90.9 Å². The van der Waals surface area contributed by atoms with Gasteiger partial charge in [-0.15, -0.1) is 0 Å². The minimum atomic E-state index is -0.0408. The van der Waals surface area contributed by atoms with E-state index in [9.17, 15) is 4.79 Å². The normalized spacial score (nSPS) is 12.5. The smallest absolute Gasteiger partial charge is 0.231 e. The number of nitrogens with zero attached hydrogens (tertiary/aromatic N) is 2. The molecule has 0 bridgehead atoms. The van der Waals surface area contributed by atoms with Crippen LogP contribution in [0, 0.1) is 0 Å². The van der Waals surface area contributed by atoms with Crippen molar-refractivity contribution < 1.29 is 14.3 Å². The highest BCUT2D eigenvalue weighted by Gasteiger charge is 2.15. The van der Waals surface area contributed by atoms with E-state index >= 15 is 0 Å². The Hall–Kier alpha value is -3.06. The van der Waals surface area contributed by atoms with Crippen LogP contribution in [0.1, 0.15) is 12.8 Å². The first-order valence-corrected chi connectivity index (χ1v) is 8.11. The molecule has 7 heteroatoms. The predicted octanol–water partition coefficient (Wildman–Crippen LogP) is 2.41. The Morgan fingerprint density at radius 3 is 2.96 bits per heavy atom. The molecular formula is C18H18N4O3. The van der Waals surface area contributed by atoms with E-state index in [4.69, 9.17) is 15.2 Å². The summed E-state index contributed by atoms with van der Waals surface area (Å²) in [5.41, 5.74) is 8.72. The number of nitrogens with two attached hydrogens (primary N) is 1. The van der Waals surface area contributed by atoms with Crippen molar-refractivity contribution >= 4 is 17.2 Å². The van der Waals surface area contributed by atoms with Gasteiger partial charge in [0.1, 0.15) is 5.65 Å². The number of pyridine rings is 1. The molecule has 0 spiro atoms. The third-order valence-electron chi connectivity index (χ3n) is 4.01. The molecule has 3 aromatic rings. The molecule has 4 rings (SSSR count). The molecule has 3 heterocycles. The molecule has 7 nitrogen and oxygen atoms in total. The van der Waals surface area contributed by atoms with E-state index in [0.717, 1.165) is 34.1 Å². The highest BCUT2D eigenvalue weighted by molar-refractivity contribution is 5.90. The standard InChI is InChI=1S/C18H18N4O3/c19-7-1-2-18(23)20-13-4-6-17-21-14(10-22(17)9-13)12-3-5-15-16(8-12)25-11-24-15/h3-6,8-10H,1-2,7,11,19H2,(H,20,23). The summed E-state index contributed by atoms with van der Waals surface area (Å²) in [6.07, 6.45) is 4.86. The van der Waals surface area contributed by atoms with Crippen molar-refractivity contribution in [2.75, 3.05) is 18.7 Å². The van der Waals surface area contributed by atoms with Gasteiger partial charge in [0, 0.05) is 24.4 Å². The minimum absolute atomic E-state index is 0.0408. The molecule has 1 amide bonds. The Kier molecular flexibility index (Phi) is 3.99. The lowest BCUT2D eigenvalue weighted by Crippen LogP contribution is -2.13. The highest BCUT2D eigenvalue weighted by atomic mass is 16.7. The summed E-state index contributed by atoms with van der Waals surface area (Å²) in [6, 6.07) is 9.45. The van der Waals surface area contributed by atoms with Crippen molar-refractivity contribution in [2.45, 2.75) is 12.8 Å². The number of amides is 1. The zero-order valence-electron chi connectivity index (χ0n) is 13.6. The number of fused-ring (bicyclic) bond motifs is 2. The lowest BCUT2D eigenvalue weighted by molar-refractivity contribution is -0.116. The summed E-state index contributed by atoms with van der Waals surface area (Å²) in [6.45, 7) is 0.754. The summed E-state index contributed by atoms with van der Waals surface area (Å²) in [5, 5.41) is 2.87. The van der Waals surface area contributed by atoms with Crippen LogP contribution in [-0.4, -0.2) is 28.6 Å². The molecule has 0 saturated carbocycles. The monoisotopic (exact) mass is 338 g/mol. The Bertz CT molecular complexity index is 935. The molecular weight excluding hydrogens is 320 g/mol. The van der Waals surface area contributed by atoms with Crippen LogP contribution in [0.2, 0.25) is 0 Å². The van der Waals surface area contributed by atoms with Gasteiger partial charge in [-0.2, -0.15) is 0 Å². The molecule has 1 aliphatic heterocycles. The number of aromatic nitrogens is 2. The maximum atomic E-state index is 11.8. The van der Waals surface area contributed by atoms with Crippen LogP contribution in [0.3, 0.4) is 0 Å². The third-order valence-corrected chi connectivity index (χ3v) is 4.01. The number of hydrogen-bond acceptors (Lipinski definition) is 5. The number of imidazole rings is 1. The van der Waals surface area contributed by atoms with Gasteiger partial charge in [-0.25, -0.2) is 4.98 Å². The number of anilines is 1. The summed E-state index contributed by atoms with van der Waals surface area (Å²) in [4.78, 5) is 16.4. The minimum Gasteiger partial charge on any atom is -0.454 e. The molecule has 1 aliphatic rings. The quantitative estimate of drug-likeness (QED) is 0.745. The molecule has 0 radical (unpaired) electrons. The largest absolute Gasteiger partial charge is 0.454 e. The molecule has 0 atom stereocenters. The van der Waals surface area contributed by atoms with Crippen molar-refractivity contribution in [3.05, 3.63) is 42.7 Å². The summed E-state index contributed by atoms with van der Waals surface area (Å²) in [5.74, 6) is 1.43.